The number of carbonyl (C=O) groups excluding carboxylic acids is 2. The van der Waals surface area contributed by atoms with E-state index in [9.17, 15) is 18.0 Å². The van der Waals surface area contributed by atoms with E-state index in [2.05, 4.69) is 16.4 Å². The maximum absolute atomic E-state index is 13.3. The largest absolute Gasteiger partial charge is 0.354 e. The van der Waals surface area contributed by atoms with Gasteiger partial charge in [-0.05, 0) is 49.2 Å². The Morgan fingerprint density at radius 3 is 2.76 bits per heavy atom. The van der Waals surface area contributed by atoms with Gasteiger partial charge in [0, 0.05) is 41.8 Å². The number of piperazine rings is 1. The van der Waals surface area contributed by atoms with Crippen molar-refractivity contribution >= 4 is 38.9 Å². The Bertz CT molecular complexity index is 1370. The van der Waals surface area contributed by atoms with E-state index in [1.54, 1.807) is 28.4 Å². The summed E-state index contributed by atoms with van der Waals surface area (Å²) in [5, 5.41) is 5.64. The van der Waals surface area contributed by atoms with Crippen LogP contribution in [0.2, 0.25) is 0 Å². The standard InChI is InChI=1S/C23H22N4O4S2/c1-15-25-20(14-32-15)16-5-6-21-17(11-16)7-9-27(21)23(29)18-3-2-4-19(12-18)33(30,31)26-10-8-24-22(28)13-26/h2-6,11-12,14H,7-10,13H2,1H3,(H,24,28). The molecular weight excluding hydrogens is 460 g/mol. The van der Waals surface area contributed by atoms with Crippen LogP contribution in [-0.4, -0.2) is 55.7 Å². The molecule has 170 valence electrons. The van der Waals surface area contributed by atoms with Gasteiger partial charge in [0.15, 0.2) is 0 Å². The van der Waals surface area contributed by atoms with Crippen LogP contribution >= 0.6 is 11.3 Å². The summed E-state index contributed by atoms with van der Waals surface area (Å²) in [7, 11) is -3.87. The second kappa shape index (κ2) is 8.36. The Kier molecular flexibility index (Phi) is 5.51. The van der Waals surface area contributed by atoms with Gasteiger partial charge < -0.3 is 10.2 Å². The first-order valence-electron chi connectivity index (χ1n) is 10.6. The van der Waals surface area contributed by atoms with E-state index in [0.717, 1.165) is 38.2 Å². The minimum Gasteiger partial charge on any atom is -0.354 e. The molecule has 0 unspecified atom stereocenters. The molecule has 2 aliphatic rings. The lowest BCUT2D eigenvalue weighted by Gasteiger charge is -2.26. The molecule has 8 nitrogen and oxygen atoms in total. The fourth-order valence-corrected chi connectivity index (χ4v) is 6.25. The molecule has 5 rings (SSSR count). The third kappa shape index (κ3) is 4.05. The Morgan fingerprint density at radius 2 is 2.00 bits per heavy atom. The van der Waals surface area contributed by atoms with Crippen molar-refractivity contribution in [2.24, 2.45) is 0 Å². The molecule has 1 fully saturated rings. The minimum absolute atomic E-state index is 0.0109. The average molecular weight is 483 g/mol. The number of fused-ring (bicyclic) bond motifs is 1. The first-order chi connectivity index (χ1) is 15.8. The van der Waals surface area contributed by atoms with E-state index in [0.29, 0.717) is 12.1 Å². The van der Waals surface area contributed by atoms with Crippen molar-refractivity contribution in [2.75, 3.05) is 31.1 Å². The summed E-state index contributed by atoms with van der Waals surface area (Å²) in [6.45, 7) is 2.74. The third-order valence-corrected chi connectivity index (χ3v) is 8.47. The maximum Gasteiger partial charge on any atom is 0.258 e. The first kappa shape index (κ1) is 21.7. The highest BCUT2D eigenvalue weighted by atomic mass is 32.2. The quantitative estimate of drug-likeness (QED) is 0.616. The third-order valence-electron chi connectivity index (χ3n) is 5.86. The molecule has 2 aliphatic heterocycles. The van der Waals surface area contributed by atoms with Crippen molar-refractivity contribution in [2.45, 2.75) is 18.2 Å². The molecule has 2 amide bonds. The van der Waals surface area contributed by atoms with Crippen molar-refractivity contribution in [3.05, 3.63) is 64.0 Å². The van der Waals surface area contributed by atoms with Crippen molar-refractivity contribution in [3.63, 3.8) is 0 Å². The zero-order valence-corrected chi connectivity index (χ0v) is 19.6. The van der Waals surface area contributed by atoms with Crippen molar-refractivity contribution in [1.82, 2.24) is 14.6 Å². The average Bonchev–Trinajstić information content (AvgIpc) is 3.44. The summed E-state index contributed by atoms with van der Waals surface area (Å²) in [6.07, 6.45) is 0.721. The topological polar surface area (TPSA) is 99.7 Å². The van der Waals surface area contributed by atoms with Gasteiger partial charge >= 0.3 is 0 Å². The van der Waals surface area contributed by atoms with Gasteiger partial charge in [0.2, 0.25) is 15.9 Å². The summed E-state index contributed by atoms with van der Waals surface area (Å²) < 4.78 is 27.2. The monoisotopic (exact) mass is 482 g/mol. The number of hydrogen-bond donors (Lipinski definition) is 1. The molecule has 0 aliphatic carbocycles. The smallest absolute Gasteiger partial charge is 0.258 e. The molecule has 1 saturated heterocycles. The van der Waals surface area contributed by atoms with Gasteiger partial charge in [-0.15, -0.1) is 11.3 Å². The fraction of sp³-hybridized carbons (Fsp3) is 0.261. The van der Waals surface area contributed by atoms with E-state index in [-0.39, 0.29) is 36.3 Å². The lowest BCUT2D eigenvalue weighted by Crippen LogP contribution is -2.49. The van der Waals surface area contributed by atoms with Crippen LogP contribution in [0.3, 0.4) is 0 Å². The van der Waals surface area contributed by atoms with Crippen LogP contribution in [0.1, 0.15) is 20.9 Å². The number of sulfonamides is 1. The predicted octanol–water partition coefficient (Wildman–Crippen LogP) is 2.44. The molecule has 1 aromatic heterocycles. The summed E-state index contributed by atoms with van der Waals surface area (Å²) in [5.74, 6) is -0.586. The Hall–Kier alpha value is -3.08. The number of nitrogens with zero attached hydrogens (tertiary/aromatic N) is 3. The van der Waals surface area contributed by atoms with Crippen LogP contribution in [0.5, 0.6) is 0 Å². The number of benzene rings is 2. The summed E-state index contributed by atoms with van der Waals surface area (Å²) in [5.41, 5.74) is 4.14. The lowest BCUT2D eigenvalue weighted by atomic mass is 10.1. The Morgan fingerprint density at radius 1 is 1.15 bits per heavy atom. The molecule has 3 heterocycles. The Balaban J connectivity index is 1.41. The van der Waals surface area contributed by atoms with Crippen molar-refractivity contribution in [3.8, 4) is 11.3 Å². The van der Waals surface area contributed by atoms with Crippen molar-refractivity contribution < 1.29 is 18.0 Å². The van der Waals surface area contributed by atoms with Crippen molar-refractivity contribution in [1.29, 1.82) is 0 Å². The van der Waals surface area contributed by atoms with Gasteiger partial charge in [-0.3, -0.25) is 9.59 Å². The summed E-state index contributed by atoms with van der Waals surface area (Å²) >= 11 is 1.60. The molecule has 0 bridgehead atoms. The summed E-state index contributed by atoms with van der Waals surface area (Å²) in [6, 6.07) is 12.0. The highest BCUT2D eigenvalue weighted by Crippen LogP contribution is 2.34. The first-order valence-corrected chi connectivity index (χ1v) is 12.9. The molecular formula is C23H22N4O4S2. The lowest BCUT2D eigenvalue weighted by molar-refractivity contribution is -0.122. The zero-order chi connectivity index (χ0) is 23.2. The number of nitrogens with one attached hydrogen (secondary N) is 1. The summed E-state index contributed by atoms with van der Waals surface area (Å²) in [4.78, 5) is 31.2. The normalized spacial score (nSPS) is 16.5. The second-order valence-electron chi connectivity index (χ2n) is 8.02. The van der Waals surface area contributed by atoms with E-state index < -0.39 is 10.0 Å². The minimum atomic E-state index is -3.87. The van der Waals surface area contributed by atoms with Crippen LogP contribution < -0.4 is 10.2 Å². The molecule has 2 aromatic carbocycles. The highest BCUT2D eigenvalue weighted by Gasteiger charge is 2.31. The van der Waals surface area contributed by atoms with Gasteiger partial charge in [0.05, 0.1) is 22.1 Å². The zero-order valence-electron chi connectivity index (χ0n) is 17.9. The molecule has 3 aromatic rings. The van der Waals surface area contributed by atoms with E-state index in [1.165, 1.54) is 12.1 Å². The molecule has 0 saturated carbocycles. The highest BCUT2D eigenvalue weighted by molar-refractivity contribution is 7.89. The van der Waals surface area contributed by atoms with Gasteiger partial charge in [-0.2, -0.15) is 4.31 Å². The van der Waals surface area contributed by atoms with Gasteiger partial charge in [0.25, 0.3) is 5.91 Å². The number of carbonyl (C=O) groups is 2. The number of aromatic nitrogens is 1. The number of amides is 2. The maximum atomic E-state index is 13.3. The second-order valence-corrected chi connectivity index (χ2v) is 11.0. The molecule has 0 radical (unpaired) electrons. The Labute approximate surface area is 195 Å². The molecule has 0 spiro atoms. The number of aryl methyl sites for hydroxylation is 1. The van der Waals surface area contributed by atoms with Gasteiger partial charge in [-0.25, -0.2) is 13.4 Å². The van der Waals surface area contributed by atoms with Gasteiger partial charge in [-0.1, -0.05) is 12.1 Å². The number of hydrogen-bond acceptors (Lipinski definition) is 6. The molecule has 0 atom stereocenters. The fourth-order valence-electron chi connectivity index (χ4n) is 4.18. The molecule has 1 N–H and O–H groups in total. The molecule has 10 heteroatoms. The van der Waals surface area contributed by atoms with Crippen LogP contribution in [0.4, 0.5) is 5.69 Å². The van der Waals surface area contributed by atoms with Crippen LogP contribution in [0, 0.1) is 6.92 Å². The number of anilines is 1. The SMILES string of the molecule is Cc1nc(-c2ccc3c(c2)CCN3C(=O)c2cccc(S(=O)(=O)N3CCNC(=O)C3)c2)cs1. The van der Waals surface area contributed by atoms with Crippen LogP contribution in [-0.2, 0) is 21.2 Å². The predicted molar refractivity (Wildman–Crippen MR) is 126 cm³/mol. The van der Waals surface area contributed by atoms with E-state index >= 15 is 0 Å². The number of rotatable bonds is 4. The van der Waals surface area contributed by atoms with E-state index in [4.69, 9.17) is 0 Å². The van der Waals surface area contributed by atoms with E-state index in [1.807, 2.05) is 24.4 Å². The number of thiazole rings is 1. The molecule has 33 heavy (non-hydrogen) atoms. The van der Waals surface area contributed by atoms with Crippen LogP contribution in [0.15, 0.2) is 52.7 Å². The van der Waals surface area contributed by atoms with Crippen LogP contribution in [0.25, 0.3) is 11.3 Å². The van der Waals surface area contributed by atoms with Gasteiger partial charge in [0.1, 0.15) is 0 Å².